The summed E-state index contributed by atoms with van der Waals surface area (Å²) in [5.74, 6) is 1.57. The lowest BCUT2D eigenvalue weighted by Crippen LogP contribution is -2.48. The molecule has 0 aliphatic heterocycles. The van der Waals surface area contributed by atoms with Crippen molar-refractivity contribution in [3.8, 4) is 0 Å². The fraction of sp³-hybridized carbons (Fsp3) is 0.792. The molecule has 31 heavy (non-hydrogen) atoms. The van der Waals surface area contributed by atoms with Crippen LogP contribution in [0.2, 0.25) is 0 Å². The monoisotopic (exact) mass is 494 g/mol. The van der Waals surface area contributed by atoms with Crippen molar-refractivity contribution in [2.75, 3.05) is 12.4 Å². The van der Waals surface area contributed by atoms with Gasteiger partial charge in [0.05, 0.1) is 11.9 Å². The highest BCUT2D eigenvalue weighted by Gasteiger charge is 2.43. The lowest BCUT2D eigenvalue weighted by atomic mass is 9.58. The minimum Gasteiger partial charge on any atom is -0.380 e. The van der Waals surface area contributed by atoms with Crippen LogP contribution in [0, 0.1) is 23.2 Å². The van der Waals surface area contributed by atoms with E-state index in [1.165, 1.54) is 23.9 Å². The second kappa shape index (κ2) is 9.63. The van der Waals surface area contributed by atoms with E-state index in [1.54, 1.807) is 6.20 Å². The Labute approximate surface area is 195 Å². The fourth-order valence-electron chi connectivity index (χ4n) is 5.35. The van der Waals surface area contributed by atoms with Gasteiger partial charge in [-0.3, -0.25) is 9.59 Å². The van der Waals surface area contributed by atoms with Crippen molar-refractivity contribution in [3.05, 3.63) is 21.0 Å². The summed E-state index contributed by atoms with van der Waals surface area (Å²) >= 11 is 3.47. The van der Waals surface area contributed by atoms with Gasteiger partial charge in [0, 0.05) is 19.1 Å². The molecule has 1 amide bonds. The van der Waals surface area contributed by atoms with Crippen molar-refractivity contribution in [2.24, 2.45) is 23.2 Å². The first-order valence-electron chi connectivity index (χ1n) is 11.8. The molecule has 6 nitrogen and oxygen atoms in total. The Bertz CT molecular complexity index is 846. The second-order valence-electron chi connectivity index (χ2n) is 10.5. The Kier molecular flexibility index (Phi) is 7.54. The van der Waals surface area contributed by atoms with Gasteiger partial charge in [-0.25, -0.2) is 4.68 Å². The summed E-state index contributed by atoms with van der Waals surface area (Å²) in [6.45, 7) is 11.6. The van der Waals surface area contributed by atoms with Crippen molar-refractivity contribution < 1.29 is 4.79 Å². The number of amides is 1. The highest BCUT2D eigenvalue weighted by atomic mass is 79.9. The van der Waals surface area contributed by atoms with Gasteiger partial charge in [0.1, 0.15) is 11.0 Å². The quantitative estimate of drug-likeness (QED) is 0.630. The van der Waals surface area contributed by atoms with Gasteiger partial charge in [-0.15, -0.1) is 0 Å². The van der Waals surface area contributed by atoms with Gasteiger partial charge >= 0.3 is 0 Å². The smallest absolute Gasteiger partial charge is 0.283 e. The second-order valence-corrected chi connectivity index (χ2v) is 11.3. The van der Waals surface area contributed by atoms with E-state index in [1.807, 2.05) is 11.9 Å². The van der Waals surface area contributed by atoms with Gasteiger partial charge in [0.15, 0.2) is 0 Å². The van der Waals surface area contributed by atoms with Crippen LogP contribution < -0.4 is 10.9 Å². The first-order valence-corrected chi connectivity index (χ1v) is 12.6. The maximum Gasteiger partial charge on any atom is 0.283 e. The van der Waals surface area contributed by atoms with E-state index in [-0.39, 0.29) is 30.1 Å². The molecule has 4 atom stereocenters. The summed E-state index contributed by atoms with van der Waals surface area (Å²) in [5.41, 5.74) is 0.742. The highest BCUT2D eigenvalue weighted by Crippen LogP contribution is 2.48. The van der Waals surface area contributed by atoms with Gasteiger partial charge < -0.3 is 10.2 Å². The molecule has 0 radical (unpaired) electrons. The van der Waals surface area contributed by atoms with E-state index in [9.17, 15) is 9.59 Å². The highest BCUT2D eigenvalue weighted by molar-refractivity contribution is 9.10. The first-order chi connectivity index (χ1) is 14.5. The zero-order valence-corrected chi connectivity index (χ0v) is 21.5. The SMILES string of the molecule is C[C@@H]1[C@@H](C)C(C)(C)[C@@H](C)C[C@H]1Nc1cnn(CC(=O)N(C)C2CCCCC2)c(=O)c1Br. The average molecular weight is 496 g/mol. The molecule has 0 aromatic carbocycles. The number of carbonyl (C=O) groups excluding carboxylic acids is 1. The topological polar surface area (TPSA) is 67.2 Å². The maximum atomic E-state index is 12.9. The van der Waals surface area contributed by atoms with Crippen LogP contribution >= 0.6 is 15.9 Å². The van der Waals surface area contributed by atoms with Gasteiger partial charge in [0.25, 0.3) is 5.56 Å². The van der Waals surface area contributed by atoms with E-state index in [0.717, 1.165) is 19.3 Å². The minimum absolute atomic E-state index is 0.0210. The summed E-state index contributed by atoms with van der Waals surface area (Å²) in [6.07, 6.45) is 8.41. The Balaban J connectivity index is 1.70. The predicted molar refractivity (Wildman–Crippen MR) is 129 cm³/mol. The number of hydrogen-bond acceptors (Lipinski definition) is 4. The standard InChI is InChI=1S/C24H39BrN4O2/c1-15-12-19(16(2)17(3)24(15,4)5)27-20-13-26-29(23(31)22(20)25)14-21(30)28(6)18-10-8-7-9-11-18/h13,15-19,27H,7-12,14H2,1-6H3/t15-,16+,17+,19+/m0/s1. The average Bonchev–Trinajstić information content (AvgIpc) is 2.76. The van der Waals surface area contributed by atoms with Crippen LogP contribution in [0.3, 0.4) is 0 Å². The molecular formula is C24H39BrN4O2. The van der Waals surface area contributed by atoms with E-state index >= 15 is 0 Å². The van der Waals surface area contributed by atoms with Crippen molar-refractivity contribution in [2.45, 2.75) is 91.8 Å². The van der Waals surface area contributed by atoms with Crippen LogP contribution in [-0.4, -0.2) is 39.7 Å². The van der Waals surface area contributed by atoms with E-state index in [4.69, 9.17) is 0 Å². The zero-order valence-electron chi connectivity index (χ0n) is 19.9. The summed E-state index contributed by atoms with van der Waals surface area (Å²) in [6, 6.07) is 0.563. The molecule has 1 N–H and O–H groups in total. The molecule has 1 aromatic rings. The predicted octanol–water partition coefficient (Wildman–Crippen LogP) is 4.92. The van der Waals surface area contributed by atoms with Crippen LogP contribution in [-0.2, 0) is 11.3 Å². The molecule has 3 rings (SSSR count). The van der Waals surface area contributed by atoms with Crippen LogP contribution in [0.4, 0.5) is 5.69 Å². The Morgan fingerprint density at radius 2 is 1.90 bits per heavy atom. The molecule has 2 aliphatic carbocycles. The number of carbonyl (C=O) groups is 1. The lowest BCUT2D eigenvalue weighted by Gasteiger charge is -2.50. The summed E-state index contributed by atoms with van der Waals surface area (Å²) in [4.78, 5) is 27.5. The Hall–Kier alpha value is -1.37. The van der Waals surface area contributed by atoms with Crippen molar-refractivity contribution in [1.82, 2.24) is 14.7 Å². The molecule has 2 aliphatic rings. The third-order valence-corrected chi connectivity index (χ3v) is 9.37. The van der Waals surface area contributed by atoms with Gasteiger partial charge in [0.2, 0.25) is 5.91 Å². The molecule has 174 valence electrons. The summed E-state index contributed by atoms with van der Waals surface area (Å²) in [7, 11) is 1.85. The van der Waals surface area contributed by atoms with Crippen LogP contribution in [0.5, 0.6) is 0 Å². The number of aromatic nitrogens is 2. The molecule has 7 heteroatoms. The molecule has 2 fully saturated rings. The molecule has 0 bridgehead atoms. The van der Waals surface area contributed by atoms with Crippen molar-refractivity contribution in [3.63, 3.8) is 0 Å². The van der Waals surface area contributed by atoms with Crippen LogP contribution in [0.1, 0.15) is 73.1 Å². The number of likely N-dealkylation sites (N-methyl/N-ethyl adjacent to an activating group) is 1. The number of halogens is 1. The van der Waals surface area contributed by atoms with E-state index < -0.39 is 0 Å². The van der Waals surface area contributed by atoms with E-state index in [2.05, 4.69) is 61.0 Å². The molecule has 1 aromatic heterocycles. The van der Waals surface area contributed by atoms with Crippen LogP contribution in [0.15, 0.2) is 15.5 Å². The molecule has 0 spiro atoms. The van der Waals surface area contributed by atoms with E-state index in [0.29, 0.717) is 33.3 Å². The van der Waals surface area contributed by atoms with Gasteiger partial charge in [-0.2, -0.15) is 5.10 Å². The molecule has 2 saturated carbocycles. The van der Waals surface area contributed by atoms with Gasteiger partial charge in [-0.05, 0) is 58.4 Å². The number of hydrogen-bond donors (Lipinski definition) is 1. The third kappa shape index (κ3) is 5.01. The van der Waals surface area contributed by atoms with Gasteiger partial charge in [-0.1, -0.05) is 53.9 Å². The minimum atomic E-state index is -0.264. The normalized spacial score (nSPS) is 28.9. The first kappa shape index (κ1) is 24.3. The van der Waals surface area contributed by atoms with Crippen LogP contribution in [0.25, 0.3) is 0 Å². The molecule has 0 unspecified atom stereocenters. The zero-order chi connectivity index (χ0) is 22.9. The number of rotatable bonds is 5. The third-order valence-electron chi connectivity index (χ3n) is 8.60. The molecule has 0 saturated heterocycles. The largest absolute Gasteiger partial charge is 0.380 e. The van der Waals surface area contributed by atoms with Crippen molar-refractivity contribution >= 4 is 27.5 Å². The number of nitrogens with one attached hydrogen (secondary N) is 1. The molecule has 1 heterocycles. The number of nitrogens with zero attached hydrogens (tertiary/aromatic N) is 3. The lowest BCUT2D eigenvalue weighted by molar-refractivity contribution is -0.133. The molecular weight excluding hydrogens is 456 g/mol. The fourth-order valence-corrected chi connectivity index (χ4v) is 5.78. The Morgan fingerprint density at radius 3 is 2.55 bits per heavy atom. The summed E-state index contributed by atoms with van der Waals surface area (Å²) in [5, 5.41) is 7.90. The summed E-state index contributed by atoms with van der Waals surface area (Å²) < 4.78 is 1.73. The Morgan fingerprint density at radius 1 is 1.26 bits per heavy atom. The maximum absolute atomic E-state index is 12.9. The number of anilines is 1. The van der Waals surface area contributed by atoms with Crippen molar-refractivity contribution in [1.29, 1.82) is 0 Å².